The van der Waals surface area contributed by atoms with Gasteiger partial charge >= 0.3 is 0 Å². The molecule has 0 atom stereocenters. The third-order valence-corrected chi connectivity index (χ3v) is 5.20. The predicted molar refractivity (Wildman–Crippen MR) is 144 cm³/mol. The van der Waals surface area contributed by atoms with E-state index in [-0.39, 0.29) is 37.2 Å². The number of halogens is 3. The van der Waals surface area contributed by atoms with E-state index >= 15 is 0 Å². The van der Waals surface area contributed by atoms with Crippen molar-refractivity contribution in [3.05, 3.63) is 84.9 Å². The van der Waals surface area contributed by atoms with Gasteiger partial charge in [0.15, 0.2) is 0 Å². The maximum absolute atomic E-state index is 3.59. The number of likely N-dealkylation sites (N-methyl/N-ethyl adjacent to an activating group) is 1. The Bertz CT molecular complexity index is 976. The monoisotopic (exact) mass is 477 g/mol. The molecule has 0 bridgehead atoms. The summed E-state index contributed by atoms with van der Waals surface area (Å²) in [7, 11) is 2.18. The first kappa shape index (κ1) is 26.9. The summed E-state index contributed by atoms with van der Waals surface area (Å²) in [6.07, 6.45) is 0. The molecule has 6 heteroatoms. The van der Waals surface area contributed by atoms with Gasteiger partial charge in [-0.05, 0) is 30.0 Å². The maximum atomic E-state index is 3.59. The molecule has 4 rings (SSSR count). The van der Waals surface area contributed by atoms with Gasteiger partial charge in [-0.25, -0.2) is 0 Å². The van der Waals surface area contributed by atoms with Gasteiger partial charge in [-0.1, -0.05) is 72.8 Å². The zero-order chi connectivity index (χ0) is 19.2. The number of anilines is 2. The summed E-state index contributed by atoms with van der Waals surface area (Å²) >= 11 is 0. The topological polar surface area (TPSA) is 27.3 Å². The van der Waals surface area contributed by atoms with Crippen LogP contribution in [0.4, 0.5) is 11.4 Å². The molecule has 2 N–H and O–H groups in total. The largest absolute Gasteiger partial charge is 0.383 e. The standard InChI is InChI=1S/C25H27N3.3ClH/c1-28(18-16-26-24-14-6-10-20-8-2-4-12-22(20)24)19-17-27-25-15-7-11-21-9-3-5-13-23(21)25;;;/h2-15,26-27H,16-19H2,1H3;3*1H. The third kappa shape index (κ3) is 6.91. The fraction of sp³-hybridized carbons (Fsp3) is 0.200. The number of nitrogens with zero attached hydrogens (tertiary/aromatic N) is 1. The van der Waals surface area contributed by atoms with E-state index in [0.29, 0.717) is 0 Å². The van der Waals surface area contributed by atoms with Crippen LogP contribution in [0.3, 0.4) is 0 Å². The van der Waals surface area contributed by atoms with Crippen LogP contribution >= 0.6 is 37.2 Å². The highest BCUT2D eigenvalue weighted by atomic mass is 35.5. The molecule has 0 amide bonds. The molecule has 0 heterocycles. The van der Waals surface area contributed by atoms with E-state index in [9.17, 15) is 0 Å². The predicted octanol–water partition coefficient (Wildman–Crippen LogP) is 6.71. The second-order valence-electron chi connectivity index (χ2n) is 7.21. The Hall–Kier alpha value is -2.17. The highest BCUT2D eigenvalue weighted by Gasteiger charge is 2.03. The van der Waals surface area contributed by atoms with Crippen molar-refractivity contribution < 1.29 is 0 Å². The van der Waals surface area contributed by atoms with Gasteiger partial charge in [0, 0.05) is 48.3 Å². The minimum Gasteiger partial charge on any atom is -0.383 e. The minimum atomic E-state index is 0. The fourth-order valence-corrected chi connectivity index (χ4v) is 3.63. The van der Waals surface area contributed by atoms with Crippen LogP contribution in [0.2, 0.25) is 0 Å². The Morgan fingerprint density at radius 2 is 0.935 bits per heavy atom. The number of hydrogen-bond acceptors (Lipinski definition) is 3. The lowest BCUT2D eigenvalue weighted by atomic mass is 10.1. The molecular formula is C25H30Cl3N3. The Morgan fingerprint density at radius 1 is 0.548 bits per heavy atom. The summed E-state index contributed by atoms with van der Waals surface area (Å²) in [6.45, 7) is 3.86. The average molecular weight is 479 g/mol. The molecule has 0 aliphatic rings. The van der Waals surface area contributed by atoms with Gasteiger partial charge in [-0.15, -0.1) is 37.2 Å². The van der Waals surface area contributed by atoms with Gasteiger partial charge in [-0.3, -0.25) is 0 Å². The van der Waals surface area contributed by atoms with Crippen molar-refractivity contribution in [1.82, 2.24) is 4.90 Å². The van der Waals surface area contributed by atoms with E-state index in [1.807, 2.05) is 0 Å². The molecule has 0 radical (unpaired) electrons. The lowest BCUT2D eigenvalue weighted by Crippen LogP contribution is -2.29. The van der Waals surface area contributed by atoms with Crippen LogP contribution in [-0.4, -0.2) is 38.1 Å². The van der Waals surface area contributed by atoms with E-state index in [0.717, 1.165) is 26.2 Å². The third-order valence-electron chi connectivity index (χ3n) is 5.20. The van der Waals surface area contributed by atoms with E-state index in [1.165, 1.54) is 32.9 Å². The molecule has 0 fully saturated rings. The molecular weight excluding hydrogens is 449 g/mol. The summed E-state index contributed by atoms with van der Waals surface area (Å²) < 4.78 is 0. The number of nitrogens with one attached hydrogen (secondary N) is 2. The summed E-state index contributed by atoms with van der Waals surface area (Å²) in [5, 5.41) is 12.3. The fourth-order valence-electron chi connectivity index (χ4n) is 3.63. The molecule has 0 aromatic heterocycles. The summed E-state index contributed by atoms with van der Waals surface area (Å²) in [4.78, 5) is 2.36. The molecule has 4 aromatic carbocycles. The maximum Gasteiger partial charge on any atom is 0.0420 e. The number of fused-ring (bicyclic) bond motifs is 2. The van der Waals surface area contributed by atoms with Crippen molar-refractivity contribution in [2.45, 2.75) is 0 Å². The van der Waals surface area contributed by atoms with Crippen LogP contribution in [0.5, 0.6) is 0 Å². The first-order chi connectivity index (χ1) is 13.8. The van der Waals surface area contributed by atoms with E-state index in [1.54, 1.807) is 0 Å². The molecule has 0 aliphatic carbocycles. The highest BCUT2D eigenvalue weighted by Crippen LogP contribution is 2.23. The van der Waals surface area contributed by atoms with Crippen molar-refractivity contribution in [1.29, 1.82) is 0 Å². The summed E-state index contributed by atoms with van der Waals surface area (Å²) in [5.41, 5.74) is 2.42. The van der Waals surface area contributed by atoms with Crippen molar-refractivity contribution in [3.8, 4) is 0 Å². The lowest BCUT2D eigenvalue weighted by molar-refractivity contribution is 0.361. The van der Waals surface area contributed by atoms with E-state index in [4.69, 9.17) is 0 Å². The Labute approximate surface area is 203 Å². The van der Waals surface area contributed by atoms with Gasteiger partial charge in [0.05, 0.1) is 0 Å². The van der Waals surface area contributed by atoms with Gasteiger partial charge in [0.25, 0.3) is 0 Å². The smallest absolute Gasteiger partial charge is 0.0420 e. The molecule has 0 aliphatic heterocycles. The summed E-state index contributed by atoms with van der Waals surface area (Å²) in [6, 6.07) is 29.9. The van der Waals surface area contributed by atoms with Crippen LogP contribution in [-0.2, 0) is 0 Å². The quantitative estimate of drug-likeness (QED) is 0.294. The van der Waals surface area contributed by atoms with Crippen LogP contribution in [0.25, 0.3) is 21.5 Å². The van der Waals surface area contributed by atoms with Crippen molar-refractivity contribution in [2.24, 2.45) is 0 Å². The number of benzene rings is 4. The zero-order valence-corrected chi connectivity index (χ0v) is 20.0. The zero-order valence-electron chi connectivity index (χ0n) is 17.6. The molecule has 0 saturated carbocycles. The van der Waals surface area contributed by atoms with Crippen molar-refractivity contribution >= 4 is 70.1 Å². The van der Waals surface area contributed by atoms with Gasteiger partial charge in [-0.2, -0.15) is 0 Å². The van der Waals surface area contributed by atoms with Crippen molar-refractivity contribution in [3.63, 3.8) is 0 Å². The van der Waals surface area contributed by atoms with Crippen molar-refractivity contribution in [2.75, 3.05) is 43.9 Å². The van der Waals surface area contributed by atoms with Crippen LogP contribution < -0.4 is 10.6 Å². The Morgan fingerprint density at radius 3 is 1.39 bits per heavy atom. The van der Waals surface area contributed by atoms with E-state index < -0.39 is 0 Å². The second-order valence-corrected chi connectivity index (χ2v) is 7.21. The molecule has 0 saturated heterocycles. The SMILES string of the molecule is CN(CCNc1cccc2ccccc12)CCNc1cccc2ccccc12.Cl.Cl.Cl. The lowest BCUT2D eigenvalue weighted by Gasteiger charge is -2.19. The molecule has 166 valence electrons. The number of rotatable bonds is 8. The van der Waals surface area contributed by atoms with Crippen LogP contribution in [0, 0.1) is 0 Å². The van der Waals surface area contributed by atoms with Gasteiger partial charge < -0.3 is 15.5 Å². The average Bonchev–Trinajstić information content (AvgIpc) is 2.74. The second kappa shape index (κ2) is 13.3. The van der Waals surface area contributed by atoms with Gasteiger partial charge in [0.2, 0.25) is 0 Å². The molecule has 31 heavy (non-hydrogen) atoms. The normalized spacial score (nSPS) is 10.1. The Balaban J connectivity index is 0.00000160. The van der Waals surface area contributed by atoms with E-state index in [2.05, 4.69) is 108 Å². The molecule has 4 aromatic rings. The number of hydrogen-bond donors (Lipinski definition) is 2. The molecule has 0 spiro atoms. The first-order valence-electron chi connectivity index (χ1n) is 9.93. The van der Waals surface area contributed by atoms with Crippen LogP contribution in [0.15, 0.2) is 84.9 Å². The molecule has 3 nitrogen and oxygen atoms in total. The van der Waals surface area contributed by atoms with Gasteiger partial charge in [0.1, 0.15) is 0 Å². The highest BCUT2D eigenvalue weighted by molar-refractivity contribution is 5.94. The Kier molecular flexibility index (Phi) is 11.5. The first-order valence-corrected chi connectivity index (χ1v) is 9.93. The van der Waals surface area contributed by atoms with Crippen LogP contribution in [0.1, 0.15) is 0 Å². The molecule has 0 unspecified atom stereocenters. The summed E-state index contributed by atoms with van der Waals surface area (Å²) in [5.74, 6) is 0. The minimum absolute atomic E-state index is 0.